The average Bonchev–Trinajstić information content (AvgIpc) is 1.64. The predicted octanol–water partition coefficient (Wildman–Crippen LogP) is 0.461. The molecule has 56 valence electrons. The molecule has 1 aliphatic heterocycles. The monoisotopic (exact) mass is 150 g/mol. The highest BCUT2D eigenvalue weighted by Gasteiger charge is 2.11. The first kappa shape index (κ1) is 9.21. The third-order valence-corrected chi connectivity index (χ3v) is 1.66. The first-order valence-electron chi connectivity index (χ1n) is 3.23. The van der Waals surface area contributed by atoms with E-state index in [4.69, 9.17) is 5.73 Å². The maximum atomic E-state index is 5.68. The van der Waals surface area contributed by atoms with Crippen LogP contribution in [0.3, 0.4) is 0 Å². The summed E-state index contributed by atoms with van der Waals surface area (Å²) < 4.78 is 0. The number of rotatable bonds is 0. The average molecular weight is 151 g/mol. The lowest BCUT2D eigenvalue weighted by Gasteiger charge is -2.26. The molecule has 1 atom stereocenters. The molecule has 3 heteroatoms. The molecular formula is C6H15ClN2. The van der Waals surface area contributed by atoms with Crippen molar-refractivity contribution in [3.63, 3.8) is 0 Å². The Hall–Kier alpha value is 0.210. The molecule has 9 heavy (non-hydrogen) atoms. The van der Waals surface area contributed by atoms with Crippen molar-refractivity contribution in [1.29, 1.82) is 0 Å². The van der Waals surface area contributed by atoms with Crippen LogP contribution in [0.4, 0.5) is 0 Å². The van der Waals surface area contributed by atoms with Crippen LogP contribution in [-0.2, 0) is 0 Å². The quantitative estimate of drug-likeness (QED) is 0.544. The number of hydrogen-bond donors (Lipinski definition) is 1. The van der Waals surface area contributed by atoms with E-state index in [1.165, 1.54) is 19.4 Å². The second-order valence-corrected chi connectivity index (χ2v) is 2.66. The molecule has 1 rings (SSSR count). The molecule has 0 aliphatic carbocycles. The summed E-state index contributed by atoms with van der Waals surface area (Å²) in [6.45, 7) is 2.31. The van der Waals surface area contributed by atoms with Crippen molar-refractivity contribution >= 4 is 12.4 Å². The number of piperidine rings is 1. The van der Waals surface area contributed by atoms with Crippen LogP contribution in [0.5, 0.6) is 0 Å². The molecule has 1 saturated heterocycles. The third kappa shape index (κ3) is 3.04. The molecular weight excluding hydrogens is 136 g/mol. The number of hydrogen-bond acceptors (Lipinski definition) is 2. The first-order chi connectivity index (χ1) is 3.79. The van der Waals surface area contributed by atoms with Crippen LogP contribution in [-0.4, -0.2) is 31.1 Å². The standard InChI is InChI=1S/C6H14N2.ClH/c1-8-4-2-3-6(7)5-8;/h6H,2-5,7H2,1H3;1H. The van der Waals surface area contributed by atoms with Crippen LogP contribution in [0, 0.1) is 0 Å². The van der Waals surface area contributed by atoms with Gasteiger partial charge in [0.15, 0.2) is 0 Å². The van der Waals surface area contributed by atoms with Crippen LogP contribution in [0.15, 0.2) is 0 Å². The Balaban J connectivity index is 0.000000640. The molecule has 0 aromatic heterocycles. The highest BCUT2D eigenvalue weighted by atomic mass is 35.5. The predicted molar refractivity (Wildman–Crippen MR) is 42.0 cm³/mol. The molecule has 2 nitrogen and oxygen atoms in total. The summed E-state index contributed by atoms with van der Waals surface area (Å²) in [5.41, 5.74) is 5.68. The van der Waals surface area contributed by atoms with Crippen LogP contribution in [0.2, 0.25) is 0 Å². The summed E-state index contributed by atoms with van der Waals surface area (Å²) in [6, 6.07) is 0.439. The number of halogens is 1. The maximum Gasteiger partial charge on any atom is 0.0168 e. The molecule has 2 N–H and O–H groups in total. The van der Waals surface area contributed by atoms with Gasteiger partial charge in [-0.2, -0.15) is 0 Å². The van der Waals surface area contributed by atoms with Crippen molar-refractivity contribution in [3.8, 4) is 0 Å². The van der Waals surface area contributed by atoms with Gasteiger partial charge in [0.2, 0.25) is 0 Å². The Kier molecular flexibility index (Phi) is 4.19. The Morgan fingerprint density at radius 3 is 2.56 bits per heavy atom. The van der Waals surface area contributed by atoms with Gasteiger partial charge in [-0.15, -0.1) is 12.4 Å². The number of nitrogens with zero attached hydrogens (tertiary/aromatic N) is 1. The molecule has 0 saturated carbocycles. The zero-order chi connectivity index (χ0) is 5.98. The van der Waals surface area contributed by atoms with Gasteiger partial charge in [0, 0.05) is 12.6 Å². The van der Waals surface area contributed by atoms with E-state index in [9.17, 15) is 0 Å². The van der Waals surface area contributed by atoms with Crippen molar-refractivity contribution in [2.24, 2.45) is 5.73 Å². The molecule has 1 aliphatic rings. The Labute approximate surface area is 62.8 Å². The molecule has 0 aromatic carbocycles. The Morgan fingerprint density at radius 2 is 2.22 bits per heavy atom. The highest BCUT2D eigenvalue weighted by molar-refractivity contribution is 5.85. The van der Waals surface area contributed by atoms with Crippen molar-refractivity contribution in [3.05, 3.63) is 0 Å². The molecule has 0 bridgehead atoms. The fourth-order valence-electron chi connectivity index (χ4n) is 1.21. The Bertz CT molecular complexity index is 69.5. The lowest BCUT2D eigenvalue weighted by molar-refractivity contribution is 0.252. The van der Waals surface area contributed by atoms with Crippen LogP contribution in [0.25, 0.3) is 0 Å². The van der Waals surface area contributed by atoms with Gasteiger partial charge < -0.3 is 10.6 Å². The van der Waals surface area contributed by atoms with E-state index >= 15 is 0 Å². The largest absolute Gasteiger partial charge is 0.327 e. The van der Waals surface area contributed by atoms with Crippen molar-refractivity contribution < 1.29 is 0 Å². The minimum atomic E-state index is 0. The summed E-state index contributed by atoms with van der Waals surface area (Å²) >= 11 is 0. The number of likely N-dealkylation sites (tertiary alicyclic amines) is 1. The van der Waals surface area contributed by atoms with E-state index in [1.807, 2.05) is 0 Å². The maximum absolute atomic E-state index is 5.68. The molecule has 0 spiro atoms. The second-order valence-electron chi connectivity index (χ2n) is 2.66. The van der Waals surface area contributed by atoms with Crippen molar-refractivity contribution in [2.45, 2.75) is 18.9 Å². The molecule has 1 unspecified atom stereocenters. The lowest BCUT2D eigenvalue weighted by Crippen LogP contribution is -2.40. The van der Waals surface area contributed by atoms with Gasteiger partial charge in [-0.1, -0.05) is 0 Å². The van der Waals surface area contributed by atoms with Crippen LogP contribution in [0.1, 0.15) is 12.8 Å². The summed E-state index contributed by atoms with van der Waals surface area (Å²) in [5, 5.41) is 0. The minimum absolute atomic E-state index is 0. The summed E-state index contributed by atoms with van der Waals surface area (Å²) in [6.07, 6.45) is 2.49. The number of likely N-dealkylation sites (N-methyl/N-ethyl adjacent to an activating group) is 1. The minimum Gasteiger partial charge on any atom is -0.327 e. The van der Waals surface area contributed by atoms with E-state index in [0.717, 1.165) is 6.54 Å². The van der Waals surface area contributed by atoms with Gasteiger partial charge in [-0.25, -0.2) is 0 Å². The van der Waals surface area contributed by atoms with Crippen LogP contribution >= 0.6 is 12.4 Å². The van der Waals surface area contributed by atoms with Crippen LogP contribution < -0.4 is 5.73 Å². The Morgan fingerprint density at radius 1 is 1.56 bits per heavy atom. The normalized spacial score (nSPS) is 29.3. The summed E-state index contributed by atoms with van der Waals surface area (Å²) in [7, 11) is 2.12. The van der Waals surface area contributed by atoms with E-state index in [0.29, 0.717) is 6.04 Å². The third-order valence-electron chi connectivity index (χ3n) is 1.66. The van der Waals surface area contributed by atoms with Gasteiger partial charge in [0.05, 0.1) is 0 Å². The van der Waals surface area contributed by atoms with Crippen molar-refractivity contribution in [1.82, 2.24) is 4.90 Å². The van der Waals surface area contributed by atoms with E-state index in [2.05, 4.69) is 11.9 Å². The van der Waals surface area contributed by atoms with E-state index in [-0.39, 0.29) is 12.4 Å². The fraction of sp³-hybridized carbons (Fsp3) is 1.00. The van der Waals surface area contributed by atoms with Gasteiger partial charge in [-0.3, -0.25) is 0 Å². The zero-order valence-electron chi connectivity index (χ0n) is 5.84. The molecule has 0 amide bonds. The fourth-order valence-corrected chi connectivity index (χ4v) is 1.21. The molecule has 0 aromatic rings. The number of nitrogens with two attached hydrogens (primary N) is 1. The van der Waals surface area contributed by atoms with Gasteiger partial charge in [0.1, 0.15) is 0 Å². The SMILES string of the molecule is CN1CCCC(N)C1.Cl. The lowest BCUT2D eigenvalue weighted by atomic mass is 10.1. The second kappa shape index (κ2) is 4.09. The van der Waals surface area contributed by atoms with Gasteiger partial charge >= 0.3 is 0 Å². The summed E-state index contributed by atoms with van der Waals surface area (Å²) in [5.74, 6) is 0. The van der Waals surface area contributed by atoms with Gasteiger partial charge in [0.25, 0.3) is 0 Å². The molecule has 1 fully saturated rings. The first-order valence-corrected chi connectivity index (χ1v) is 3.23. The molecule has 0 radical (unpaired) electrons. The topological polar surface area (TPSA) is 29.3 Å². The van der Waals surface area contributed by atoms with E-state index < -0.39 is 0 Å². The summed E-state index contributed by atoms with van der Waals surface area (Å²) in [4.78, 5) is 2.29. The molecule has 1 heterocycles. The van der Waals surface area contributed by atoms with E-state index in [1.54, 1.807) is 0 Å². The highest BCUT2D eigenvalue weighted by Crippen LogP contribution is 2.04. The zero-order valence-corrected chi connectivity index (χ0v) is 6.66. The smallest absolute Gasteiger partial charge is 0.0168 e. The van der Waals surface area contributed by atoms with Gasteiger partial charge in [-0.05, 0) is 26.4 Å². The van der Waals surface area contributed by atoms with Crippen molar-refractivity contribution in [2.75, 3.05) is 20.1 Å².